The van der Waals surface area contributed by atoms with Crippen LogP contribution in [0.25, 0.3) is 0 Å². The van der Waals surface area contributed by atoms with Crippen LogP contribution in [0.2, 0.25) is 0 Å². The molecular weight excluding hydrogens is 310 g/mol. The fraction of sp³-hybridized carbons (Fsp3) is 0.0714. The molecule has 4 nitrogen and oxygen atoms in total. The number of amides is 1. The molecule has 0 atom stereocenters. The zero-order valence-corrected chi connectivity index (χ0v) is 11.6. The highest BCUT2D eigenvalue weighted by Gasteiger charge is 2.04. The average Bonchev–Trinajstić information content (AvgIpc) is 2.38. The van der Waals surface area contributed by atoms with Crippen molar-refractivity contribution in [2.45, 2.75) is 0 Å². The van der Waals surface area contributed by atoms with Gasteiger partial charge in [0.15, 0.2) is 6.61 Å². The first kappa shape index (κ1) is 13.4. The maximum absolute atomic E-state index is 11.6. The van der Waals surface area contributed by atoms with Gasteiger partial charge >= 0.3 is 0 Å². The Kier molecular flexibility index (Phi) is 4.41. The third kappa shape index (κ3) is 4.30. The summed E-state index contributed by atoms with van der Waals surface area (Å²) in [6, 6.07) is 13.6. The number of aromatic hydroxyl groups is 1. The SMILES string of the molecule is O=C(COc1ccc(Br)cc1)Nc1cccc(O)c1. The molecule has 0 radical (unpaired) electrons. The van der Waals surface area contributed by atoms with Crippen LogP contribution in [-0.4, -0.2) is 17.6 Å². The van der Waals surface area contributed by atoms with E-state index < -0.39 is 0 Å². The Labute approximate surface area is 119 Å². The van der Waals surface area contributed by atoms with E-state index >= 15 is 0 Å². The molecule has 0 bridgehead atoms. The van der Waals surface area contributed by atoms with Crippen molar-refractivity contribution in [2.24, 2.45) is 0 Å². The highest BCUT2D eigenvalue weighted by molar-refractivity contribution is 9.10. The number of phenolic OH excluding ortho intramolecular Hbond substituents is 1. The van der Waals surface area contributed by atoms with Crippen molar-refractivity contribution in [3.63, 3.8) is 0 Å². The molecule has 0 fully saturated rings. The fourth-order valence-corrected chi connectivity index (χ4v) is 1.72. The Morgan fingerprint density at radius 2 is 1.95 bits per heavy atom. The van der Waals surface area contributed by atoms with Crippen LogP contribution in [0.4, 0.5) is 5.69 Å². The Morgan fingerprint density at radius 1 is 1.21 bits per heavy atom. The van der Waals surface area contributed by atoms with Crippen molar-refractivity contribution in [1.29, 1.82) is 0 Å². The van der Waals surface area contributed by atoms with E-state index in [1.165, 1.54) is 12.1 Å². The first-order valence-corrected chi connectivity index (χ1v) is 6.40. The predicted molar refractivity (Wildman–Crippen MR) is 76.4 cm³/mol. The van der Waals surface area contributed by atoms with Crippen LogP contribution < -0.4 is 10.1 Å². The minimum Gasteiger partial charge on any atom is -0.508 e. The van der Waals surface area contributed by atoms with Gasteiger partial charge in [-0.2, -0.15) is 0 Å². The number of carbonyl (C=O) groups is 1. The molecule has 0 aliphatic rings. The van der Waals surface area contributed by atoms with Crippen LogP contribution in [0.5, 0.6) is 11.5 Å². The molecule has 2 aromatic carbocycles. The van der Waals surface area contributed by atoms with Crippen LogP contribution in [0.1, 0.15) is 0 Å². The van der Waals surface area contributed by atoms with Crippen molar-refractivity contribution in [3.05, 3.63) is 53.0 Å². The molecule has 98 valence electrons. The third-order valence-electron chi connectivity index (χ3n) is 2.31. The number of benzene rings is 2. The third-order valence-corrected chi connectivity index (χ3v) is 2.84. The molecule has 0 aromatic heterocycles. The Balaban J connectivity index is 1.86. The van der Waals surface area contributed by atoms with Gasteiger partial charge in [0.05, 0.1) is 0 Å². The van der Waals surface area contributed by atoms with E-state index in [0.29, 0.717) is 11.4 Å². The molecular formula is C14H12BrNO3. The molecule has 19 heavy (non-hydrogen) atoms. The van der Waals surface area contributed by atoms with Gasteiger partial charge in [0.1, 0.15) is 11.5 Å². The second-order valence-electron chi connectivity index (χ2n) is 3.84. The molecule has 0 saturated heterocycles. The standard InChI is InChI=1S/C14H12BrNO3/c15-10-4-6-13(7-5-10)19-9-14(18)16-11-2-1-3-12(17)8-11/h1-8,17H,9H2,(H,16,18). The largest absolute Gasteiger partial charge is 0.508 e. The van der Waals surface area contributed by atoms with E-state index in [1.807, 2.05) is 12.1 Å². The van der Waals surface area contributed by atoms with Crippen LogP contribution in [0, 0.1) is 0 Å². The lowest BCUT2D eigenvalue weighted by molar-refractivity contribution is -0.118. The summed E-state index contributed by atoms with van der Waals surface area (Å²) < 4.78 is 6.28. The molecule has 0 unspecified atom stereocenters. The molecule has 2 N–H and O–H groups in total. The Hall–Kier alpha value is -2.01. The topological polar surface area (TPSA) is 58.6 Å². The van der Waals surface area contributed by atoms with Crippen molar-refractivity contribution < 1.29 is 14.6 Å². The van der Waals surface area contributed by atoms with Crippen molar-refractivity contribution >= 4 is 27.5 Å². The van der Waals surface area contributed by atoms with Gasteiger partial charge in [0.2, 0.25) is 0 Å². The molecule has 0 saturated carbocycles. The van der Waals surface area contributed by atoms with E-state index in [1.54, 1.807) is 24.3 Å². The van der Waals surface area contributed by atoms with E-state index in [4.69, 9.17) is 4.74 Å². The van der Waals surface area contributed by atoms with E-state index in [2.05, 4.69) is 21.2 Å². The minimum absolute atomic E-state index is 0.0860. The quantitative estimate of drug-likeness (QED) is 0.909. The number of anilines is 1. The molecule has 0 heterocycles. The summed E-state index contributed by atoms with van der Waals surface area (Å²) in [6.45, 7) is -0.0860. The zero-order valence-electron chi connectivity index (χ0n) is 9.97. The second kappa shape index (κ2) is 6.24. The van der Waals surface area contributed by atoms with Crippen LogP contribution in [-0.2, 0) is 4.79 Å². The summed E-state index contributed by atoms with van der Waals surface area (Å²) in [7, 11) is 0. The number of halogens is 1. The van der Waals surface area contributed by atoms with Gasteiger partial charge in [-0.15, -0.1) is 0 Å². The van der Waals surface area contributed by atoms with Crippen LogP contribution in [0.3, 0.4) is 0 Å². The number of carbonyl (C=O) groups excluding carboxylic acids is 1. The molecule has 2 aromatic rings. The summed E-state index contributed by atoms with van der Waals surface area (Å²) in [5.74, 6) is 0.439. The minimum atomic E-state index is -0.284. The average molecular weight is 322 g/mol. The maximum Gasteiger partial charge on any atom is 0.262 e. The number of phenols is 1. The Morgan fingerprint density at radius 3 is 2.63 bits per heavy atom. The molecule has 5 heteroatoms. The number of ether oxygens (including phenoxy) is 1. The van der Waals surface area contributed by atoms with E-state index in [0.717, 1.165) is 4.47 Å². The fourth-order valence-electron chi connectivity index (χ4n) is 1.46. The van der Waals surface area contributed by atoms with Gasteiger partial charge in [0, 0.05) is 16.2 Å². The predicted octanol–water partition coefficient (Wildman–Crippen LogP) is 3.17. The Bertz CT molecular complexity index is 569. The first-order chi connectivity index (χ1) is 9.13. The van der Waals surface area contributed by atoms with Crippen molar-refractivity contribution in [1.82, 2.24) is 0 Å². The first-order valence-electron chi connectivity index (χ1n) is 5.61. The maximum atomic E-state index is 11.6. The lowest BCUT2D eigenvalue weighted by Gasteiger charge is -2.07. The summed E-state index contributed by atoms with van der Waals surface area (Å²) >= 11 is 3.32. The second-order valence-corrected chi connectivity index (χ2v) is 4.76. The van der Waals surface area contributed by atoms with Crippen molar-refractivity contribution in [2.75, 3.05) is 11.9 Å². The van der Waals surface area contributed by atoms with Crippen LogP contribution >= 0.6 is 15.9 Å². The van der Waals surface area contributed by atoms with Gasteiger partial charge in [-0.3, -0.25) is 4.79 Å². The monoisotopic (exact) mass is 321 g/mol. The highest BCUT2D eigenvalue weighted by atomic mass is 79.9. The van der Waals surface area contributed by atoms with E-state index in [9.17, 15) is 9.90 Å². The zero-order chi connectivity index (χ0) is 13.7. The van der Waals surface area contributed by atoms with Gasteiger partial charge < -0.3 is 15.2 Å². The van der Waals surface area contributed by atoms with Gasteiger partial charge in [-0.25, -0.2) is 0 Å². The lowest BCUT2D eigenvalue weighted by Crippen LogP contribution is -2.20. The molecule has 0 aliphatic heterocycles. The normalized spacial score (nSPS) is 9.95. The molecule has 0 spiro atoms. The summed E-state index contributed by atoms with van der Waals surface area (Å²) in [6.07, 6.45) is 0. The van der Waals surface area contributed by atoms with E-state index in [-0.39, 0.29) is 18.3 Å². The van der Waals surface area contributed by atoms with Gasteiger partial charge in [0.25, 0.3) is 5.91 Å². The van der Waals surface area contributed by atoms with Crippen molar-refractivity contribution in [3.8, 4) is 11.5 Å². The summed E-state index contributed by atoms with van der Waals surface area (Å²) in [4.78, 5) is 11.6. The van der Waals surface area contributed by atoms with Gasteiger partial charge in [-0.1, -0.05) is 22.0 Å². The summed E-state index contributed by atoms with van der Waals surface area (Å²) in [5.41, 5.74) is 0.532. The smallest absolute Gasteiger partial charge is 0.262 e. The number of hydrogen-bond donors (Lipinski definition) is 2. The molecule has 1 amide bonds. The molecule has 0 aliphatic carbocycles. The number of nitrogens with one attached hydrogen (secondary N) is 1. The van der Waals surface area contributed by atoms with Crippen LogP contribution in [0.15, 0.2) is 53.0 Å². The highest BCUT2D eigenvalue weighted by Crippen LogP contribution is 2.17. The number of hydrogen-bond acceptors (Lipinski definition) is 3. The molecule has 2 rings (SSSR count). The lowest BCUT2D eigenvalue weighted by atomic mass is 10.3. The van der Waals surface area contributed by atoms with Gasteiger partial charge in [-0.05, 0) is 36.4 Å². The summed E-state index contributed by atoms with van der Waals surface area (Å²) in [5, 5.41) is 11.9. The number of rotatable bonds is 4.